The van der Waals surface area contributed by atoms with Gasteiger partial charge in [0.15, 0.2) is 0 Å². The zero-order valence-corrected chi connectivity index (χ0v) is 10.8. The zero-order chi connectivity index (χ0) is 27.0. The first-order valence-corrected chi connectivity index (χ1v) is 5.96. The van der Waals surface area contributed by atoms with Gasteiger partial charge in [-0.25, -0.2) is 0 Å². The molecule has 2 aromatic rings. The third kappa shape index (κ3) is 2.92. The van der Waals surface area contributed by atoms with Gasteiger partial charge in [0.25, 0.3) is 0 Å². The van der Waals surface area contributed by atoms with Gasteiger partial charge in [-0.05, 0) is 18.2 Å². The van der Waals surface area contributed by atoms with Gasteiger partial charge in [-0.15, -0.1) is 0 Å². The highest BCUT2D eigenvalue weighted by molar-refractivity contribution is 5.31. The Bertz CT molecular complexity index is 1070. The minimum absolute atomic E-state index is 0.739. The number of hydrogen-bond acceptors (Lipinski definition) is 2. The molecule has 1 saturated heterocycles. The van der Waals surface area contributed by atoms with Crippen LogP contribution in [0.1, 0.15) is 37.7 Å². The molecule has 0 N–H and O–H groups in total. The van der Waals surface area contributed by atoms with Crippen molar-refractivity contribution in [3.05, 3.63) is 71.6 Å². The zero-order valence-electron chi connectivity index (χ0n) is 25.8. The number of hydrogen-bond donors (Lipinski definition) is 0. The Kier molecular flexibility index (Phi) is 1.37. The van der Waals surface area contributed by atoms with E-state index in [1.807, 2.05) is 0 Å². The van der Waals surface area contributed by atoms with E-state index in [1.54, 1.807) is 0 Å². The number of piperazine rings is 1. The molecule has 0 atom stereocenters. The summed E-state index contributed by atoms with van der Waals surface area (Å²) in [6.45, 7) is -6.35. The number of nitrogens with zero attached hydrogens (tertiary/aromatic N) is 2. The molecule has 1 aliphatic rings. The first-order chi connectivity index (χ1) is 15.8. The van der Waals surface area contributed by atoms with Gasteiger partial charge in [0, 0.05) is 31.6 Å². The van der Waals surface area contributed by atoms with Crippen molar-refractivity contribution in [3.63, 3.8) is 0 Å². The standard InChI is InChI=1S/C18H22N2/c1-19-12-14-20(15-13-19)18(16-8-4-2-5-9-16)17-10-6-3-7-11-17/h2-11,18H,12-15H2,1H3/i2D,3D,4D,5D,6D,7D,8D,9D,10D,11D,12D2,13D2,18D. The van der Waals surface area contributed by atoms with E-state index in [2.05, 4.69) is 0 Å². The van der Waals surface area contributed by atoms with Crippen molar-refractivity contribution in [2.75, 3.05) is 33.1 Å². The topological polar surface area (TPSA) is 6.48 Å². The van der Waals surface area contributed by atoms with E-state index in [9.17, 15) is 1.37 Å². The lowest BCUT2D eigenvalue weighted by Gasteiger charge is -2.38. The molecule has 1 fully saturated rings. The van der Waals surface area contributed by atoms with E-state index >= 15 is 0 Å². The van der Waals surface area contributed by atoms with Gasteiger partial charge in [0.1, 0.15) is 0 Å². The first kappa shape index (κ1) is 4.43. The Balaban J connectivity index is 2.54. The SMILES string of the molecule is [2H]c1c([2H])c([2H])c(C([2H])(c2c([2H])c([2H])c([2H])c([2H])c2[2H])N2CC([2H])([2H])N(C)C([2H])([2H])C2)c([2H])c1[2H]. The molecule has 0 aromatic heterocycles. The van der Waals surface area contributed by atoms with E-state index in [0.29, 0.717) is 0 Å². The van der Waals surface area contributed by atoms with Gasteiger partial charge < -0.3 is 4.90 Å². The molecule has 0 bridgehead atoms. The lowest BCUT2D eigenvalue weighted by molar-refractivity contribution is 0.127. The normalized spacial score (nSPS) is 33.8. The van der Waals surface area contributed by atoms with Crippen LogP contribution in [0, 0.1) is 0 Å². The fourth-order valence-corrected chi connectivity index (χ4v) is 1.83. The molecule has 104 valence electrons. The molecule has 20 heavy (non-hydrogen) atoms. The van der Waals surface area contributed by atoms with Gasteiger partial charge >= 0.3 is 0 Å². The monoisotopic (exact) mass is 281 g/mol. The Morgan fingerprint density at radius 3 is 1.85 bits per heavy atom. The van der Waals surface area contributed by atoms with Crippen molar-refractivity contribution in [2.24, 2.45) is 0 Å². The molecule has 0 saturated carbocycles. The first-order valence-electron chi connectivity index (χ1n) is 13.5. The average molecular weight is 281 g/mol. The fourth-order valence-electron chi connectivity index (χ4n) is 1.83. The maximum absolute atomic E-state index is 9.45. The van der Waals surface area contributed by atoms with E-state index in [1.165, 1.54) is 7.05 Å². The predicted octanol–water partition coefficient (Wildman–Crippen LogP) is 3.02. The summed E-state index contributed by atoms with van der Waals surface area (Å²) in [6.07, 6.45) is 0. The van der Waals surface area contributed by atoms with Crippen molar-refractivity contribution in [3.8, 4) is 0 Å². The van der Waals surface area contributed by atoms with Crippen molar-refractivity contribution in [2.45, 2.75) is 6.02 Å². The van der Waals surface area contributed by atoms with Crippen LogP contribution in [-0.2, 0) is 0 Å². The van der Waals surface area contributed by atoms with Crippen LogP contribution >= 0.6 is 0 Å². The molecule has 0 radical (unpaired) electrons. The van der Waals surface area contributed by atoms with Gasteiger partial charge in [-0.3, -0.25) is 4.90 Å². The van der Waals surface area contributed by atoms with E-state index < -0.39 is 104 Å². The van der Waals surface area contributed by atoms with Crippen LogP contribution in [-0.4, -0.2) is 42.9 Å². The Morgan fingerprint density at radius 1 is 0.950 bits per heavy atom. The molecular weight excluding hydrogens is 244 g/mol. The van der Waals surface area contributed by atoms with Crippen LogP contribution in [0.25, 0.3) is 0 Å². The van der Waals surface area contributed by atoms with Crippen LogP contribution < -0.4 is 0 Å². The maximum Gasteiger partial charge on any atom is 0.0626 e. The lowest BCUT2D eigenvalue weighted by atomic mass is 9.96. The molecule has 3 rings (SSSR count). The number of likely N-dealkylation sites (N-methyl/N-ethyl adjacent to an activating group) is 1. The van der Waals surface area contributed by atoms with E-state index in [0.717, 1.165) is 9.80 Å². The second-order valence-electron chi connectivity index (χ2n) is 4.08. The van der Waals surface area contributed by atoms with Crippen molar-refractivity contribution in [1.82, 2.24) is 9.80 Å². The molecule has 0 amide bonds. The summed E-state index contributed by atoms with van der Waals surface area (Å²) in [5, 5.41) is 0. The molecule has 2 heteroatoms. The van der Waals surface area contributed by atoms with Crippen LogP contribution in [0.5, 0.6) is 0 Å². The van der Waals surface area contributed by atoms with E-state index in [4.69, 9.17) is 19.2 Å². The summed E-state index contributed by atoms with van der Waals surface area (Å²) in [5.74, 6) is 0. The van der Waals surface area contributed by atoms with Crippen LogP contribution in [0.4, 0.5) is 0 Å². The Labute approximate surface area is 142 Å². The molecule has 0 spiro atoms. The summed E-state index contributed by atoms with van der Waals surface area (Å²) in [5.41, 5.74) is -1.56. The summed E-state index contributed by atoms with van der Waals surface area (Å²) >= 11 is 0. The minimum atomic E-state index is -2.86. The van der Waals surface area contributed by atoms with Crippen molar-refractivity contribution < 1.29 is 20.6 Å². The number of rotatable bonds is 3. The molecule has 2 aromatic carbocycles. The second kappa shape index (κ2) is 6.21. The van der Waals surface area contributed by atoms with Gasteiger partial charge in [-0.2, -0.15) is 0 Å². The molecule has 0 unspecified atom stereocenters. The molecule has 2 nitrogen and oxygen atoms in total. The third-order valence-corrected chi connectivity index (χ3v) is 2.79. The summed E-state index contributed by atoms with van der Waals surface area (Å²) in [4.78, 5) is 1.59. The summed E-state index contributed by atoms with van der Waals surface area (Å²) in [6, 6.07) is -11.4. The Hall–Kier alpha value is -1.64. The van der Waals surface area contributed by atoms with Gasteiger partial charge in [0.05, 0.1) is 21.1 Å². The minimum Gasteiger partial charge on any atom is -0.304 e. The fraction of sp³-hybridized carbons (Fsp3) is 0.333. The third-order valence-electron chi connectivity index (χ3n) is 2.79. The van der Waals surface area contributed by atoms with Crippen LogP contribution in [0.3, 0.4) is 0 Å². The van der Waals surface area contributed by atoms with Crippen molar-refractivity contribution in [1.29, 1.82) is 0 Å². The van der Waals surface area contributed by atoms with Gasteiger partial charge in [0.2, 0.25) is 0 Å². The largest absolute Gasteiger partial charge is 0.304 e. The van der Waals surface area contributed by atoms with Crippen LogP contribution in [0.15, 0.2) is 60.4 Å². The van der Waals surface area contributed by atoms with E-state index in [-0.39, 0.29) is 0 Å². The highest BCUT2D eigenvalue weighted by Crippen LogP contribution is 2.29. The molecule has 0 aliphatic carbocycles. The average Bonchev–Trinajstić information content (AvgIpc) is 2.76. The highest BCUT2D eigenvalue weighted by Gasteiger charge is 2.24. The maximum atomic E-state index is 9.45. The molecular formula is C18H22N2. The van der Waals surface area contributed by atoms with Gasteiger partial charge in [-0.1, -0.05) is 60.4 Å². The summed E-state index contributed by atoms with van der Waals surface area (Å²) < 4.78 is 124. The highest BCUT2D eigenvalue weighted by atomic mass is 15.3. The summed E-state index contributed by atoms with van der Waals surface area (Å²) in [7, 11) is 1.18. The van der Waals surface area contributed by atoms with Crippen LogP contribution in [0.2, 0.25) is 0 Å². The lowest BCUT2D eigenvalue weighted by Crippen LogP contribution is -2.46. The quantitative estimate of drug-likeness (QED) is 0.853. The van der Waals surface area contributed by atoms with Crippen molar-refractivity contribution >= 4 is 0 Å². The molecule has 1 aliphatic heterocycles. The number of benzene rings is 2. The second-order valence-corrected chi connectivity index (χ2v) is 4.08. The Morgan fingerprint density at radius 2 is 1.40 bits per heavy atom. The smallest absolute Gasteiger partial charge is 0.0626 e. The predicted molar refractivity (Wildman–Crippen MR) is 83.8 cm³/mol. The molecule has 1 heterocycles.